The van der Waals surface area contributed by atoms with Gasteiger partial charge in [-0.2, -0.15) is 5.53 Å². The van der Waals surface area contributed by atoms with Crippen LogP contribution in [-0.4, -0.2) is 41.0 Å². The smallest absolute Gasteiger partial charge is 0.308 e. The molecule has 2 aliphatic rings. The third kappa shape index (κ3) is 2.96. The number of carbonyl (C=O) groups excluding carboxylic acids is 1. The van der Waals surface area contributed by atoms with Crippen LogP contribution in [-0.2, 0) is 9.59 Å². The van der Waals surface area contributed by atoms with Gasteiger partial charge < -0.3 is 10.0 Å². The summed E-state index contributed by atoms with van der Waals surface area (Å²) < 4.78 is 0. The van der Waals surface area contributed by atoms with Gasteiger partial charge in [0.15, 0.2) is 0 Å². The minimum atomic E-state index is -0.826. The fraction of sp³-hybridized carbons (Fsp3) is 0.467. The van der Waals surface area contributed by atoms with E-state index >= 15 is 0 Å². The second-order valence-electron chi connectivity index (χ2n) is 5.74. The number of carboxylic acid groups (broad SMARTS) is 1. The summed E-state index contributed by atoms with van der Waals surface area (Å²) in [5, 5.41) is 9.15. The van der Waals surface area contributed by atoms with Crippen molar-refractivity contribution < 1.29 is 14.7 Å². The summed E-state index contributed by atoms with van der Waals surface area (Å²) in [5.41, 5.74) is 9.81. The first-order valence-corrected chi connectivity index (χ1v) is 7.49. The molecule has 7 nitrogen and oxygen atoms in total. The van der Waals surface area contributed by atoms with Gasteiger partial charge in [0.2, 0.25) is 5.91 Å². The molecule has 0 saturated carbocycles. The van der Waals surface area contributed by atoms with Crippen LogP contribution >= 0.6 is 0 Å². The van der Waals surface area contributed by atoms with Crippen LogP contribution < -0.4 is 16.4 Å². The fourth-order valence-corrected chi connectivity index (χ4v) is 3.08. The lowest BCUT2D eigenvalue weighted by Crippen LogP contribution is -2.51. The van der Waals surface area contributed by atoms with Crippen LogP contribution in [0.3, 0.4) is 0 Å². The van der Waals surface area contributed by atoms with E-state index in [2.05, 4.69) is 16.4 Å². The molecule has 3 rings (SSSR count). The summed E-state index contributed by atoms with van der Waals surface area (Å²) in [4.78, 5) is 25.6. The molecule has 0 bridgehead atoms. The molecule has 0 radical (unpaired) electrons. The van der Waals surface area contributed by atoms with Crippen LogP contribution in [0.25, 0.3) is 0 Å². The summed E-state index contributed by atoms with van der Waals surface area (Å²) in [6.07, 6.45) is 1.36. The van der Waals surface area contributed by atoms with Gasteiger partial charge >= 0.3 is 5.97 Å². The number of carbonyl (C=O) groups is 2. The number of hydrazine groups is 2. The number of nitrogens with zero attached hydrogens (tertiary/aromatic N) is 1. The first-order valence-electron chi connectivity index (χ1n) is 7.49. The third-order valence-electron chi connectivity index (χ3n) is 4.30. The molecule has 22 heavy (non-hydrogen) atoms. The maximum absolute atomic E-state index is 12.7. The van der Waals surface area contributed by atoms with Gasteiger partial charge in [-0.25, -0.2) is 10.9 Å². The lowest BCUT2D eigenvalue weighted by Gasteiger charge is -2.33. The van der Waals surface area contributed by atoms with Crippen molar-refractivity contribution in [1.29, 1.82) is 0 Å². The van der Waals surface area contributed by atoms with Crippen LogP contribution in [0.1, 0.15) is 24.4 Å². The monoisotopic (exact) mass is 304 g/mol. The van der Waals surface area contributed by atoms with Crippen molar-refractivity contribution in [3.8, 4) is 0 Å². The van der Waals surface area contributed by atoms with Gasteiger partial charge in [-0.15, -0.1) is 0 Å². The van der Waals surface area contributed by atoms with Crippen LogP contribution in [0.4, 0.5) is 0 Å². The standard InChI is InChI=1S/C15H20N4O3/c20-14(19-8-4-7-11(9-19)15(21)22)13-12(16-18-17-13)10-5-2-1-3-6-10/h1-3,5-6,11-13,16-18H,4,7-9H2,(H,21,22). The molecule has 2 saturated heterocycles. The molecular formula is C15H20N4O3. The number of hydrogen-bond acceptors (Lipinski definition) is 5. The fourth-order valence-electron chi connectivity index (χ4n) is 3.08. The Kier molecular flexibility index (Phi) is 4.37. The SMILES string of the molecule is O=C(O)C1CCCN(C(=O)C2NNNC2c2ccccc2)C1. The predicted molar refractivity (Wildman–Crippen MR) is 79.3 cm³/mol. The van der Waals surface area contributed by atoms with Gasteiger partial charge in [0.1, 0.15) is 6.04 Å². The van der Waals surface area contributed by atoms with E-state index in [0.717, 1.165) is 12.0 Å². The highest BCUT2D eigenvalue weighted by atomic mass is 16.4. The van der Waals surface area contributed by atoms with Gasteiger partial charge in [-0.3, -0.25) is 9.59 Å². The molecule has 2 heterocycles. The average Bonchev–Trinajstić information content (AvgIpc) is 3.04. The van der Waals surface area contributed by atoms with Crippen LogP contribution in [0.2, 0.25) is 0 Å². The Morgan fingerprint density at radius 1 is 1.18 bits per heavy atom. The van der Waals surface area contributed by atoms with E-state index in [4.69, 9.17) is 5.11 Å². The topological polar surface area (TPSA) is 93.7 Å². The number of rotatable bonds is 3. The third-order valence-corrected chi connectivity index (χ3v) is 4.30. The zero-order valence-electron chi connectivity index (χ0n) is 12.2. The molecule has 2 fully saturated rings. The highest BCUT2D eigenvalue weighted by Gasteiger charge is 2.38. The van der Waals surface area contributed by atoms with E-state index in [1.807, 2.05) is 30.3 Å². The summed E-state index contributed by atoms with van der Waals surface area (Å²) in [6, 6.07) is 9.08. The average molecular weight is 304 g/mol. The Hall–Kier alpha value is -1.96. The Morgan fingerprint density at radius 2 is 1.95 bits per heavy atom. The zero-order chi connectivity index (χ0) is 15.5. The number of hydrogen-bond donors (Lipinski definition) is 4. The van der Waals surface area contributed by atoms with E-state index in [-0.39, 0.29) is 18.5 Å². The first-order chi connectivity index (χ1) is 10.7. The Morgan fingerprint density at radius 3 is 2.68 bits per heavy atom. The highest BCUT2D eigenvalue weighted by Crippen LogP contribution is 2.23. The van der Waals surface area contributed by atoms with Gasteiger partial charge in [-0.1, -0.05) is 30.3 Å². The quantitative estimate of drug-likeness (QED) is 0.630. The number of amides is 1. The molecule has 1 aromatic rings. The molecule has 1 aromatic carbocycles. The Balaban J connectivity index is 1.72. The second kappa shape index (κ2) is 6.43. The lowest BCUT2D eigenvalue weighted by atomic mass is 9.95. The number of piperidine rings is 1. The van der Waals surface area contributed by atoms with E-state index < -0.39 is 17.9 Å². The van der Waals surface area contributed by atoms with Crippen molar-refractivity contribution in [2.75, 3.05) is 13.1 Å². The lowest BCUT2D eigenvalue weighted by molar-refractivity contribution is -0.146. The maximum atomic E-state index is 12.7. The van der Waals surface area contributed by atoms with Gasteiger partial charge in [0.05, 0.1) is 12.0 Å². The molecule has 0 aromatic heterocycles. The summed E-state index contributed by atoms with van der Waals surface area (Å²) in [5.74, 6) is -1.36. The molecule has 0 spiro atoms. The van der Waals surface area contributed by atoms with Crippen molar-refractivity contribution in [3.05, 3.63) is 35.9 Å². The van der Waals surface area contributed by atoms with Gasteiger partial charge in [-0.05, 0) is 18.4 Å². The van der Waals surface area contributed by atoms with E-state index in [0.29, 0.717) is 13.0 Å². The molecule has 0 aliphatic carbocycles. The van der Waals surface area contributed by atoms with Crippen molar-refractivity contribution in [2.45, 2.75) is 24.9 Å². The number of carboxylic acids is 1. The van der Waals surface area contributed by atoms with Crippen molar-refractivity contribution in [1.82, 2.24) is 21.3 Å². The zero-order valence-corrected chi connectivity index (χ0v) is 12.2. The number of likely N-dealkylation sites (tertiary alicyclic amines) is 1. The molecule has 3 unspecified atom stereocenters. The summed E-state index contributed by atoms with van der Waals surface area (Å²) in [7, 11) is 0. The first kappa shape index (κ1) is 15.0. The molecule has 1 amide bonds. The molecule has 118 valence electrons. The summed E-state index contributed by atoms with van der Waals surface area (Å²) in [6.45, 7) is 0.899. The Labute approximate surface area is 128 Å². The van der Waals surface area contributed by atoms with E-state index in [9.17, 15) is 9.59 Å². The van der Waals surface area contributed by atoms with Crippen molar-refractivity contribution in [2.24, 2.45) is 5.92 Å². The molecule has 7 heteroatoms. The maximum Gasteiger partial charge on any atom is 0.308 e. The largest absolute Gasteiger partial charge is 0.481 e. The number of aliphatic carboxylic acids is 1. The minimum Gasteiger partial charge on any atom is -0.481 e. The van der Waals surface area contributed by atoms with Crippen molar-refractivity contribution >= 4 is 11.9 Å². The Bertz CT molecular complexity index is 551. The van der Waals surface area contributed by atoms with Crippen LogP contribution in [0.15, 0.2) is 30.3 Å². The molecule has 3 atom stereocenters. The normalized spacial score (nSPS) is 28.5. The molecular weight excluding hydrogens is 284 g/mol. The minimum absolute atomic E-state index is 0.0719. The van der Waals surface area contributed by atoms with Crippen LogP contribution in [0, 0.1) is 5.92 Å². The van der Waals surface area contributed by atoms with E-state index in [1.165, 1.54) is 0 Å². The number of nitrogens with one attached hydrogen (secondary N) is 3. The van der Waals surface area contributed by atoms with Gasteiger partial charge in [0, 0.05) is 13.1 Å². The second-order valence-corrected chi connectivity index (χ2v) is 5.74. The molecule has 2 aliphatic heterocycles. The highest BCUT2D eigenvalue weighted by molar-refractivity contribution is 5.84. The molecule has 4 N–H and O–H groups in total. The van der Waals surface area contributed by atoms with Crippen LogP contribution in [0.5, 0.6) is 0 Å². The summed E-state index contributed by atoms with van der Waals surface area (Å²) >= 11 is 0. The van der Waals surface area contributed by atoms with Gasteiger partial charge in [0.25, 0.3) is 0 Å². The predicted octanol–water partition coefficient (Wildman–Crippen LogP) is 0.0319. The number of benzene rings is 1. The van der Waals surface area contributed by atoms with E-state index in [1.54, 1.807) is 4.90 Å². The van der Waals surface area contributed by atoms with Crippen molar-refractivity contribution in [3.63, 3.8) is 0 Å².